The van der Waals surface area contributed by atoms with E-state index in [0.29, 0.717) is 17.7 Å². The number of piperidine rings is 1. The number of benzene rings is 1. The zero-order valence-electron chi connectivity index (χ0n) is 13.8. The van der Waals surface area contributed by atoms with Gasteiger partial charge in [0.1, 0.15) is 17.2 Å². The van der Waals surface area contributed by atoms with Crippen LogP contribution in [0.3, 0.4) is 0 Å². The second kappa shape index (κ2) is 6.62. The summed E-state index contributed by atoms with van der Waals surface area (Å²) in [7, 11) is 1.72. The van der Waals surface area contributed by atoms with E-state index in [0.717, 1.165) is 12.1 Å². The summed E-state index contributed by atoms with van der Waals surface area (Å²) in [5.74, 6) is -2.81. The van der Waals surface area contributed by atoms with Crippen LogP contribution < -0.4 is 10.6 Å². The maximum absolute atomic E-state index is 14.0. The molecule has 1 aliphatic heterocycles. The van der Waals surface area contributed by atoms with E-state index in [2.05, 4.69) is 15.7 Å². The van der Waals surface area contributed by atoms with Gasteiger partial charge < -0.3 is 10.6 Å². The monoisotopic (exact) mass is 348 g/mol. The molecule has 1 fully saturated rings. The number of hydrogen-bond donors (Lipinski definition) is 2. The van der Waals surface area contributed by atoms with Crippen molar-refractivity contribution in [2.75, 3.05) is 0 Å². The van der Waals surface area contributed by atoms with Gasteiger partial charge in [-0.15, -0.1) is 0 Å². The molecule has 0 aliphatic carbocycles. The molecule has 2 N–H and O–H groups in total. The average molecular weight is 348 g/mol. The molecule has 0 bridgehead atoms. The molecule has 8 heteroatoms. The number of carbonyl (C=O) groups excluding carboxylic acids is 2. The Hall–Kier alpha value is -2.77. The molecule has 1 saturated heterocycles. The highest BCUT2D eigenvalue weighted by atomic mass is 19.1. The molecule has 0 unspecified atom stereocenters. The number of carbonyl (C=O) groups is 2. The minimum absolute atomic E-state index is 0.149. The molecular weight excluding hydrogens is 330 g/mol. The predicted octanol–water partition coefficient (Wildman–Crippen LogP) is 1.76. The molecular formula is C17H18F2N4O2. The van der Waals surface area contributed by atoms with Gasteiger partial charge >= 0.3 is 0 Å². The molecule has 3 rings (SSSR count). The predicted molar refractivity (Wildman–Crippen MR) is 85.7 cm³/mol. The summed E-state index contributed by atoms with van der Waals surface area (Å²) in [6.45, 7) is 1.54. The van der Waals surface area contributed by atoms with E-state index in [-0.39, 0.29) is 12.3 Å². The van der Waals surface area contributed by atoms with Crippen molar-refractivity contribution in [3.05, 3.63) is 52.9 Å². The van der Waals surface area contributed by atoms with Gasteiger partial charge in [0, 0.05) is 19.7 Å². The number of amides is 2. The van der Waals surface area contributed by atoms with Crippen molar-refractivity contribution in [1.29, 1.82) is 0 Å². The third-order valence-corrected chi connectivity index (χ3v) is 4.31. The van der Waals surface area contributed by atoms with Gasteiger partial charge in [0.25, 0.3) is 5.91 Å². The molecule has 2 amide bonds. The van der Waals surface area contributed by atoms with Gasteiger partial charge in [0.2, 0.25) is 5.91 Å². The van der Waals surface area contributed by atoms with Gasteiger partial charge in [0.05, 0.1) is 17.8 Å². The van der Waals surface area contributed by atoms with Crippen LogP contribution in [0.4, 0.5) is 8.78 Å². The van der Waals surface area contributed by atoms with Gasteiger partial charge in [-0.05, 0) is 37.1 Å². The number of nitrogens with one attached hydrogen (secondary N) is 2. The van der Waals surface area contributed by atoms with Crippen molar-refractivity contribution in [3.8, 4) is 0 Å². The SMILES string of the molecule is Cc1cc(F)c(C(=O)N[C@@H]2CCC(=O)N[C@H]2c2ccnn2C)c(F)c1. The lowest BCUT2D eigenvalue weighted by atomic mass is 9.94. The molecule has 0 saturated carbocycles. The van der Waals surface area contributed by atoms with Crippen LogP contribution in [0.15, 0.2) is 24.4 Å². The number of nitrogens with zero attached hydrogens (tertiary/aromatic N) is 2. The van der Waals surface area contributed by atoms with E-state index in [4.69, 9.17) is 0 Å². The first kappa shape index (κ1) is 17.1. The molecule has 25 heavy (non-hydrogen) atoms. The van der Waals surface area contributed by atoms with Crippen LogP contribution >= 0.6 is 0 Å². The highest BCUT2D eigenvalue weighted by Gasteiger charge is 2.33. The van der Waals surface area contributed by atoms with Crippen LogP contribution in [-0.4, -0.2) is 27.6 Å². The second-order valence-corrected chi connectivity index (χ2v) is 6.15. The Morgan fingerprint density at radius 3 is 2.64 bits per heavy atom. The Labute approximate surface area is 143 Å². The Balaban J connectivity index is 1.86. The van der Waals surface area contributed by atoms with Crippen LogP contribution in [0.2, 0.25) is 0 Å². The molecule has 2 atom stereocenters. The molecule has 2 heterocycles. The maximum atomic E-state index is 14.0. The molecule has 2 aromatic rings. The number of rotatable bonds is 3. The number of aryl methyl sites for hydroxylation is 2. The minimum Gasteiger partial charge on any atom is -0.347 e. The molecule has 0 spiro atoms. The number of aromatic nitrogens is 2. The van der Waals surface area contributed by atoms with E-state index in [1.807, 2.05) is 0 Å². The molecule has 1 aromatic carbocycles. The summed E-state index contributed by atoms with van der Waals surface area (Å²) >= 11 is 0. The highest BCUT2D eigenvalue weighted by Crippen LogP contribution is 2.25. The largest absolute Gasteiger partial charge is 0.347 e. The first-order valence-corrected chi connectivity index (χ1v) is 7.90. The van der Waals surface area contributed by atoms with E-state index in [1.165, 1.54) is 0 Å². The molecule has 0 radical (unpaired) electrons. The third kappa shape index (κ3) is 3.38. The van der Waals surface area contributed by atoms with Crippen molar-refractivity contribution in [2.24, 2.45) is 7.05 Å². The van der Waals surface area contributed by atoms with Crippen molar-refractivity contribution in [3.63, 3.8) is 0 Å². The fourth-order valence-electron chi connectivity index (χ4n) is 3.08. The van der Waals surface area contributed by atoms with Gasteiger partial charge in [-0.1, -0.05) is 0 Å². The van der Waals surface area contributed by atoms with E-state index < -0.39 is 35.2 Å². The first-order valence-electron chi connectivity index (χ1n) is 7.90. The van der Waals surface area contributed by atoms with E-state index >= 15 is 0 Å². The molecule has 1 aromatic heterocycles. The summed E-state index contributed by atoms with van der Waals surface area (Å²) in [5, 5.41) is 9.51. The average Bonchev–Trinajstić information content (AvgIpc) is 2.94. The van der Waals surface area contributed by atoms with E-state index in [1.54, 1.807) is 30.9 Å². The molecule has 6 nitrogen and oxygen atoms in total. The van der Waals surface area contributed by atoms with Gasteiger partial charge in [-0.3, -0.25) is 14.3 Å². The third-order valence-electron chi connectivity index (χ3n) is 4.31. The highest BCUT2D eigenvalue weighted by molar-refractivity contribution is 5.95. The fraction of sp³-hybridized carbons (Fsp3) is 0.353. The maximum Gasteiger partial charge on any atom is 0.257 e. The van der Waals surface area contributed by atoms with Crippen molar-refractivity contribution >= 4 is 11.8 Å². The smallest absolute Gasteiger partial charge is 0.257 e. The zero-order chi connectivity index (χ0) is 18.1. The second-order valence-electron chi connectivity index (χ2n) is 6.15. The summed E-state index contributed by atoms with van der Waals surface area (Å²) < 4.78 is 29.6. The van der Waals surface area contributed by atoms with Crippen LogP contribution in [-0.2, 0) is 11.8 Å². The van der Waals surface area contributed by atoms with E-state index in [9.17, 15) is 18.4 Å². The topological polar surface area (TPSA) is 76.0 Å². The quantitative estimate of drug-likeness (QED) is 0.887. The Bertz CT molecular complexity index is 811. The lowest BCUT2D eigenvalue weighted by Gasteiger charge is -2.33. The summed E-state index contributed by atoms with van der Waals surface area (Å²) in [4.78, 5) is 24.2. The molecule has 1 aliphatic rings. The van der Waals surface area contributed by atoms with Gasteiger partial charge in [0.15, 0.2) is 0 Å². The summed E-state index contributed by atoms with van der Waals surface area (Å²) in [6, 6.07) is 2.93. The van der Waals surface area contributed by atoms with Crippen molar-refractivity contribution in [2.45, 2.75) is 31.8 Å². The zero-order valence-corrected chi connectivity index (χ0v) is 13.8. The fourth-order valence-corrected chi connectivity index (χ4v) is 3.08. The molecule has 132 valence electrons. The van der Waals surface area contributed by atoms with Crippen LogP contribution in [0, 0.1) is 18.6 Å². The van der Waals surface area contributed by atoms with Crippen molar-refractivity contribution < 1.29 is 18.4 Å². The Morgan fingerprint density at radius 2 is 2.04 bits per heavy atom. The Kier molecular flexibility index (Phi) is 4.52. The van der Waals surface area contributed by atoms with Crippen LogP contribution in [0.5, 0.6) is 0 Å². The first-order chi connectivity index (χ1) is 11.9. The van der Waals surface area contributed by atoms with Gasteiger partial charge in [-0.25, -0.2) is 8.78 Å². The van der Waals surface area contributed by atoms with Crippen LogP contribution in [0.1, 0.15) is 40.5 Å². The standard InChI is InChI=1S/C17H18F2N4O2/c1-9-7-10(18)15(11(19)8-9)17(25)21-12-3-4-14(24)22-16(12)13-5-6-20-23(13)2/h5-8,12,16H,3-4H2,1-2H3,(H,21,25)(H,22,24)/t12-,16-/m1/s1. The Morgan fingerprint density at radius 1 is 1.36 bits per heavy atom. The van der Waals surface area contributed by atoms with Crippen LogP contribution in [0.25, 0.3) is 0 Å². The normalized spacial score (nSPS) is 20.2. The van der Waals surface area contributed by atoms with Crippen molar-refractivity contribution in [1.82, 2.24) is 20.4 Å². The number of halogens is 2. The summed E-state index contributed by atoms with van der Waals surface area (Å²) in [5.41, 5.74) is 0.471. The summed E-state index contributed by atoms with van der Waals surface area (Å²) in [6.07, 6.45) is 2.16. The number of hydrogen-bond acceptors (Lipinski definition) is 3. The van der Waals surface area contributed by atoms with Gasteiger partial charge in [-0.2, -0.15) is 5.10 Å². The lowest BCUT2D eigenvalue weighted by Crippen LogP contribution is -2.50. The lowest BCUT2D eigenvalue weighted by molar-refractivity contribution is -0.123. The minimum atomic E-state index is -0.910.